The lowest BCUT2D eigenvalue weighted by Gasteiger charge is -1.99. The van der Waals surface area contributed by atoms with Crippen molar-refractivity contribution in [3.63, 3.8) is 0 Å². The van der Waals surface area contributed by atoms with Gasteiger partial charge in [0.05, 0.1) is 0 Å². The van der Waals surface area contributed by atoms with Gasteiger partial charge in [-0.15, -0.1) is 0 Å². The molecule has 3 rings (SSSR count). The Balaban J connectivity index is 2.14. The lowest BCUT2D eigenvalue weighted by atomic mass is 10.1. The summed E-state index contributed by atoms with van der Waals surface area (Å²) in [6, 6.07) is 13.1. The van der Waals surface area contributed by atoms with Crippen LogP contribution in [0.3, 0.4) is 0 Å². The van der Waals surface area contributed by atoms with E-state index in [-0.39, 0.29) is 5.78 Å². The molecule has 0 aliphatic carbocycles. The number of hydrogen-bond donors (Lipinski definition) is 0. The van der Waals surface area contributed by atoms with Gasteiger partial charge in [0.1, 0.15) is 5.58 Å². The second kappa shape index (κ2) is 5.19. The van der Waals surface area contributed by atoms with E-state index < -0.39 is 0 Å². The zero-order valence-electron chi connectivity index (χ0n) is 10.6. The number of fused-ring (bicyclic) bond motifs is 1. The molecule has 0 aliphatic rings. The maximum atomic E-state index is 12.5. The van der Waals surface area contributed by atoms with Crippen LogP contribution >= 0.6 is 31.9 Å². The Morgan fingerprint density at radius 3 is 2.55 bits per heavy atom. The SMILES string of the molecule is Cc1c(C(=O)c2cccc(Br)c2)oc2cc(Br)ccc12. The Kier molecular flexibility index (Phi) is 3.52. The van der Waals surface area contributed by atoms with Crippen molar-refractivity contribution in [1.82, 2.24) is 0 Å². The zero-order chi connectivity index (χ0) is 14.3. The average Bonchev–Trinajstić information content (AvgIpc) is 2.74. The van der Waals surface area contributed by atoms with Gasteiger partial charge in [0.25, 0.3) is 0 Å². The number of rotatable bonds is 2. The molecule has 2 nitrogen and oxygen atoms in total. The molecule has 20 heavy (non-hydrogen) atoms. The van der Waals surface area contributed by atoms with Gasteiger partial charge in [-0.05, 0) is 37.3 Å². The van der Waals surface area contributed by atoms with Gasteiger partial charge in [-0.1, -0.05) is 44.0 Å². The van der Waals surface area contributed by atoms with Crippen molar-refractivity contribution in [2.75, 3.05) is 0 Å². The van der Waals surface area contributed by atoms with Gasteiger partial charge in [0.15, 0.2) is 5.76 Å². The molecule has 100 valence electrons. The first-order chi connectivity index (χ1) is 9.56. The average molecular weight is 394 g/mol. The van der Waals surface area contributed by atoms with Crippen LogP contribution in [-0.4, -0.2) is 5.78 Å². The predicted molar refractivity (Wildman–Crippen MR) is 86.2 cm³/mol. The second-order valence-electron chi connectivity index (χ2n) is 4.54. The summed E-state index contributed by atoms with van der Waals surface area (Å²) in [5, 5.41) is 0.964. The molecule has 0 amide bonds. The minimum atomic E-state index is -0.101. The summed E-state index contributed by atoms with van der Waals surface area (Å²) in [6.07, 6.45) is 0. The molecular weight excluding hydrogens is 384 g/mol. The van der Waals surface area contributed by atoms with E-state index in [0.717, 1.165) is 25.5 Å². The highest BCUT2D eigenvalue weighted by Crippen LogP contribution is 2.29. The van der Waals surface area contributed by atoms with Gasteiger partial charge >= 0.3 is 0 Å². The summed E-state index contributed by atoms with van der Waals surface area (Å²) in [6.45, 7) is 1.91. The molecule has 0 saturated heterocycles. The van der Waals surface area contributed by atoms with E-state index in [0.29, 0.717) is 11.3 Å². The molecule has 0 atom stereocenters. The fraction of sp³-hybridized carbons (Fsp3) is 0.0625. The molecule has 1 heterocycles. The molecule has 0 bridgehead atoms. The lowest BCUT2D eigenvalue weighted by Crippen LogP contribution is -2.01. The Hall–Kier alpha value is -1.39. The van der Waals surface area contributed by atoms with E-state index in [1.54, 1.807) is 12.1 Å². The Morgan fingerprint density at radius 2 is 1.80 bits per heavy atom. The van der Waals surface area contributed by atoms with E-state index in [2.05, 4.69) is 31.9 Å². The molecule has 0 radical (unpaired) electrons. The Bertz CT molecular complexity index is 818. The van der Waals surface area contributed by atoms with Crippen LogP contribution in [0.4, 0.5) is 0 Å². The number of benzene rings is 2. The monoisotopic (exact) mass is 392 g/mol. The molecule has 3 aromatic rings. The molecule has 1 aromatic heterocycles. The Morgan fingerprint density at radius 1 is 1.05 bits per heavy atom. The van der Waals surface area contributed by atoms with Gasteiger partial charge < -0.3 is 4.42 Å². The highest BCUT2D eigenvalue weighted by atomic mass is 79.9. The lowest BCUT2D eigenvalue weighted by molar-refractivity contribution is 0.101. The number of carbonyl (C=O) groups is 1. The summed E-state index contributed by atoms with van der Waals surface area (Å²) in [4.78, 5) is 12.5. The zero-order valence-corrected chi connectivity index (χ0v) is 13.8. The van der Waals surface area contributed by atoms with Gasteiger partial charge in [-0.2, -0.15) is 0 Å². The fourth-order valence-corrected chi connectivity index (χ4v) is 2.92. The molecule has 2 aromatic carbocycles. The highest BCUT2D eigenvalue weighted by Gasteiger charge is 2.19. The minimum Gasteiger partial charge on any atom is -0.452 e. The van der Waals surface area contributed by atoms with Crippen LogP contribution in [0.1, 0.15) is 21.7 Å². The van der Waals surface area contributed by atoms with Crippen LogP contribution in [0, 0.1) is 6.92 Å². The smallest absolute Gasteiger partial charge is 0.228 e. The number of hydrogen-bond acceptors (Lipinski definition) is 2. The van der Waals surface area contributed by atoms with Crippen LogP contribution in [-0.2, 0) is 0 Å². The van der Waals surface area contributed by atoms with Crippen LogP contribution in [0.2, 0.25) is 0 Å². The van der Waals surface area contributed by atoms with E-state index in [9.17, 15) is 4.79 Å². The molecule has 0 fully saturated rings. The van der Waals surface area contributed by atoms with Crippen LogP contribution in [0.5, 0.6) is 0 Å². The van der Waals surface area contributed by atoms with Crippen LogP contribution in [0.15, 0.2) is 55.8 Å². The third-order valence-corrected chi connectivity index (χ3v) is 4.18. The van der Waals surface area contributed by atoms with Gasteiger partial charge in [0, 0.05) is 25.5 Å². The minimum absolute atomic E-state index is 0.101. The summed E-state index contributed by atoms with van der Waals surface area (Å²) < 4.78 is 7.55. The first kappa shape index (κ1) is 13.6. The molecule has 4 heteroatoms. The highest BCUT2D eigenvalue weighted by molar-refractivity contribution is 9.10. The predicted octanol–water partition coefficient (Wildman–Crippen LogP) is 5.50. The summed E-state index contributed by atoms with van der Waals surface area (Å²) >= 11 is 6.78. The third-order valence-electron chi connectivity index (χ3n) is 3.19. The fourth-order valence-electron chi connectivity index (χ4n) is 2.18. The quantitative estimate of drug-likeness (QED) is 0.538. The topological polar surface area (TPSA) is 30.2 Å². The van der Waals surface area contributed by atoms with Crippen molar-refractivity contribution in [2.24, 2.45) is 0 Å². The number of furan rings is 1. The van der Waals surface area contributed by atoms with Gasteiger partial charge in [-0.25, -0.2) is 0 Å². The maximum absolute atomic E-state index is 12.5. The number of carbonyl (C=O) groups excluding carboxylic acids is 1. The number of aryl methyl sites for hydroxylation is 1. The second-order valence-corrected chi connectivity index (χ2v) is 6.37. The molecule has 0 N–H and O–H groups in total. The Labute approximate surface area is 133 Å². The molecule has 0 saturated carbocycles. The van der Waals surface area contributed by atoms with Crippen LogP contribution < -0.4 is 0 Å². The largest absolute Gasteiger partial charge is 0.452 e. The summed E-state index contributed by atoms with van der Waals surface area (Å²) in [5.41, 5.74) is 2.20. The van der Waals surface area contributed by atoms with Crippen molar-refractivity contribution in [1.29, 1.82) is 0 Å². The molecule has 0 unspecified atom stereocenters. The first-order valence-electron chi connectivity index (χ1n) is 6.05. The van der Waals surface area contributed by atoms with E-state index in [1.807, 2.05) is 37.3 Å². The van der Waals surface area contributed by atoms with Gasteiger partial charge in [-0.3, -0.25) is 4.79 Å². The molecule has 0 aliphatic heterocycles. The van der Waals surface area contributed by atoms with E-state index in [4.69, 9.17) is 4.42 Å². The summed E-state index contributed by atoms with van der Waals surface area (Å²) in [5.74, 6) is 0.298. The van der Waals surface area contributed by atoms with Crippen molar-refractivity contribution < 1.29 is 9.21 Å². The van der Waals surface area contributed by atoms with Crippen molar-refractivity contribution in [3.05, 3.63) is 68.3 Å². The van der Waals surface area contributed by atoms with Crippen molar-refractivity contribution in [3.8, 4) is 0 Å². The third kappa shape index (κ3) is 2.34. The number of ketones is 1. The normalized spacial score (nSPS) is 10.9. The summed E-state index contributed by atoms with van der Waals surface area (Å²) in [7, 11) is 0. The molecule has 0 spiro atoms. The van der Waals surface area contributed by atoms with Crippen LogP contribution in [0.25, 0.3) is 11.0 Å². The standard InChI is InChI=1S/C16H10Br2O2/c1-9-13-6-5-12(18)8-14(13)20-16(9)15(19)10-3-2-4-11(17)7-10/h2-8H,1H3. The molecular formula is C16H10Br2O2. The van der Waals surface area contributed by atoms with E-state index >= 15 is 0 Å². The maximum Gasteiger partial charge on any atom is 0.228 e. The number of halogens is 2. The van der Waals surface area contributed by atoms with Crippen molar-refractivity contribution >= 4 is 48.6 Å². The van der Waals surface area contributed by atoms with Crippen molar-refractivity contribution in [2.45, 2.75) is 6.92 Å². The van der Waals surface area contributed by atoms with Gasteiger partial charge in [0.2, 0.25) is 5.78 Å². The first-order valence-corrected chi connectivity index (χ1v) is 7.64. The van der Waals surface area contributed by atoms with E-state index in [1.165, 1.54) is 0 Å².